The van der Waals surface area contributed by atoms with E-state index in [1.807, 2.05) is 6.08 Å². The van der Waals surface area contributed by atoms with Gasteiger partial charge in [-0.15, -0.1) is 0 Å². The van der Waals surface area contributed by atoms with Gasteiger partial charge in [0, 0.05) is 0 Å². The van der Waals surface area contributed by atoms with E-state index in [9.17, 15) is 4.79 Å². The SMILES string of the molecule is CC1=C/C(=N/NC(=O)c2ccoc2C)CC1. The Morgan fingerprint density at radius 2 is 2.25 bits per heavy atom. The van der Waals surface area contributed by atoms with Gasteiger partial charge in [-0.2, -0.15) is 5.10 Å². The van der Waals surface area contributed by atoms with E-state index in [0.717, 1.165) is 18.6 Å². The predicted molar refractivity (Wildman–Crippen MR) is 61.3 cm³/mol. The Hall–Kier alpha value is -1.84. The molecule has 1 aromatic rings. The van der Waals surface area contributed by atoms with Crippen molar-refractivity contribution in [2.24, 2.45) is 5.10 Å². The van der Waals surface area contributed by atoms with Crippen molar-refractivity contribution in [2.45, 2.75) is 26.7 Å². The molecule has 1 N–H and O–H groups in total. The first-order chi connectivity index (χ1) is 7.66. The maximum Gasteiger partial charge on any atom is 0.274 e. The minimum atomic E-state index is -0.225. The molecule has 4 nitrogen and oxygen atoms in total. The zero-order chi connectivity index (χ0) is 11.5. The first-order valence-electron chi connectivity index (χ1n) is 5.25. The van der Waals surface area contributed by atoms with Crippen LogP contribution in [0.2, 0.25) is 0 Å². The van der Waals surface area contributed by atoms with Gasteiger partial charge in [0.1, 0.15) is 5.76 Å². The molecule has 1 heterocycles. The third kappa shape index (κ3) is 2.21. The van der Waals surface area contributed by atoms with Crippen LogP contribution in [0.3, 0.4) is 0 Å². The van der Waals surface area contributed by atoms with Crippen molar-refractivity contribution in [2.75, 3.05) is 0 Å². The van der Waals surface area contributed by atoms with E-state index in [1.54, 1.807) is 13.0 Å². The number of amides is 1. The summed E-state index contributed by atoms with van der Waals surface area (Å²) in [6.45, 7) is 3.81. The molecule has 1 aliphatic carbocycles. The highest BCUT2D eigenvalue weighted by atomic mass is 16.3. The fourth-order valence-electron chi connectivity index (χ4n) is 1.65. The van der Waals surface area contributed by atoms with Gasteiger partial charge < -0.3 is 4.42 Å². The number of nitrogens with one attached hydrogen (secondary N) is 1. The molecule has 0 aromatic carbocycles. The minimum Gasteiger partial charge on any atom is -0.469 e. The lowest BCUT2D eigenvalue weighted by Gasteiger charge is -1.98. The van der Waals surface area contributed by atoms with Gasteiger partial charge in [0.2, 0.25) is 0 Å². The second-order valence-corrected chi connectivity index (χ2v) is 3.93. The molecular formula is C12H14N2O2. The van der Waals surface area contributed by atoms with Gasteiger partial charge in [-0.1, -0.05) is 5.57 Å². The molecule has 0 saturated carbocycles. The molecule has 1 amide bonds. The molecule has 4 heteroatoms. The van der Waals surface area contributed by atoms with E-state index in [4.69, 9.17) is 4.42 Å². The van der Waals surface area contributed by atoms with Crippen LogP contribution in [0.4, 0.5) is 0 Å². The maximum atomic E-state index is 11.7. The van der Waals surface area contributed by atoms with E-state index >= 15 is 0 Å². The number of hydrogen-bond acceptors (Lipinski definition) is 3. The highest BCUT2D eigenvalue weighted by molar-refractivity contribution is 6.00. The highest BCUT2D eigenvalue weighted by Gasteiger charge is 2.11. The second kappa shape index (κ2) is 4.35. The van der Waals surface area contributed by atoms with E-state index in [0.29, 0.717) is 11.3 Å². The van der Waals surface area contributed by atoms with Crippen molar-refractivity contribution >= 4 is 11.6 Å². The molecule has 2 rings (SSSR count). The summed E-state index contributed by atoms with van der Waals surface area (Å²) in [5, 5.41) is 4.07. The number of rotatable bonds is 2. The number of nitrogens with zero attached hydrogens (tertiary/aromatic N) is 1. The average molecular weight is 218 g/mol. The van der Waals surface area contributed by atoms with Gasteiger partial charge in [-0.05, 0) is 38.8 Å². The first-order valence-corrected chi connectivity index (χ1v) is 5.25. The van der Waals surface area contributed by atoms with E-state index in [1.165, 1.54) is 11.8 Å². The van der Waals surface area contributed by atoms with Crippen LogP contribution in [0.25, 0.3) is 0 Å². The molecule has 0 fully saturated rings. The molecule has 0 spiro atoms. The van der Waals surface area contributed by atoms with Gasteiger partial charge in [0.15, 0.2) is 0 Å². The van der Waals surface area contributed by atoms with Crippen molar-refractivity contribution in [3.8, 4) is 0 Å². The Bertz CT molecular complexity index is 469. The quantitative estimate of drug-likeness (QED) is 0.775. The van der Waals surface area contributed by atoms with E-state index < -0.39 is 0 Å². The molecular weight excluding hydrogens is 204 g/mol. The summed E-state index contributed by atoms with van der Waals surface area (Å²) >= 11 is 0. The lowest BCUT2D eigenvalue weighted by Crippen LogP contribution is -2.19. The zero-order valence-electron chi connectivity index (χ0n) is 9.41. The zero-order valence-corrected chi connectivity index (χ0v) is 9.41. The summed E-state index contributed by atoms with van der Waals surface area (Å²) in [5.41, 5.74) is 5.29. The third-order valence-electron chi connectivity index (χ3n) is 2.59. The smallest absolute Gasteiger partial charge is 0.274 e. The summed E-state index contributed by atoms with van der Waals surface area (Å²) in [7, 11) is 0. The Kier molecular flexibility index (Phi) is 2.90. The topological polar surface area (TPSA) is 54.6 Å². The van der Waals surface area contributed by atoms with E-state index in [2.05, 4.69) is 17.5 Å². The summed E-state index contributed by atoms with van der Waals surface area (Å²) in [6, 6.07) is 1.64. The van der Waals surface area contributed by atoms with Gasteiger partial charge in [0.25, 0.3) is 5.91 Å². The van der Waals surface area contributed by atoms with Crippen LogP contribution in [0, 0.1) is 6.92 Å². The normalized spacial score (nSPS) is 17.6. The Morgan fingerprint density at radius 3 is 2.81 bits per heavy atom. The lowest BCUT2D eigenvalue weighted by molar-refractivity contribution is 0.0953. The van der Waals surface area contributed by atoms with Gasteiger partial charge in [0.05, 0.1) is 17.5 Å². The number of aryl methyl sites for hydroxylation is 1. The molecule has 0 bridgehead atoms. The number of hydrogen-bond donors (Lipinski definition) is 1. The van der Waals surface area contributed by atoms with Crippen molar-refractivity contribution < 1.29 is 9.21 Å². The summed E-state index contributed by atoms with van der Waals surface area (Å²) in [5.74, 6) is 0.382. The fourth-order valence-corrected chi connectivity index (χ4v) is 1.65. The minimum absolute atomic E-state index is 0.225. The summed E-state index contributed by atoms with van der Waals surface area (Å²) in [4.78, 5) is 11.7. The second-order valence-electron chi connectivity index (χ2n) is 3.93. The van der Waals surface area contributed by atoms with Crippen molar-refractivity contribution in [3.63, 3.8) is 0 Å². The predicted octanol–water partition coefficient (Wildman–Crippen LogP) is 2.41. The monoisotopic (exact) mass is 218 g/mol. The first kappa shape index (κ1) is 10.7. The number of allylic oxidation sites excluding steroid dienone is 2. The fraction of sp³-hybridized carbons (Fsp3) is 0.333. The van der Waals surface area contributed by atoms with Crippen molar-refractivity contribution in [1.29, 1.82) is 0 Å². The molecule has 0 unspecified atom stereocenters. The number of carbonyl (C=O) groups is 1. The molecule has 0 saturated heterocycles. The van der Waals surface area contributed by atoms with Crippen LogP contribution in [0.1, 0.15) is 35.9 Å². The van der Waals surface area contributed by atoms with Gasteiger partial charge >= 0.3 is 0 Å². The van der Waals surface area contributed by atoms with Gasteiger partial charge in [-0.3, -0.25) is 4.79 Å². The third-order valence-corrected chi connectivity index (χ3v) is 2.59. The van der Waals surface area contributed by atoms with Crippen molar-refractivity contribution in [1.82, 2.24) is 5.43 Å². The lowest BCUT2D eigenvalue weighted by atomic mass is 10.2. The van der Waals surface area contributed by atoms with Crippen LogP contribution in [-0.4, -0.2) is 11.6 Å². The Morgan fingerprint density at radius 1 is 1.44 bits per heavy atom. The molecule has 1 aromatic heterocycles. The van der Waals surface area contributed by atoms with Crippen molar-refractivity contribution in [3.05, 3.63) is 35.3 Å². The van der Waals surface area contributed by atoms with Crippen LogP contribution in [-0.2, 0) is 0 Å². The highest BCUT2D eigenvalue weighted by Crippen LogP contribution is 2.14. The standard InChI is InChI=1S/C12H14N2O2/c1-8-3-4-10(7-8)13-14-12(15)11-5-6-16-9(11)2/h5-7H,3-4H2,1-2H3,(H,14,15)/b13-10+. The average Bonchev–Trinajstić information content (AvgIpc) is 2.84. The van der Waals surface area contributed by atoms with Crippen LogP contribution in [0.5, 0.6) is 0 Å². The number of hydrazone groups is 1. The summed E-state index contributed by atoms with van der Waals surface area (Å²) < 4.78 is 5.05. The molecule has 0 atom stereocenters. The number of furan rings is 1. The molecule has 0 aliphatic heterocycles. The van der Waals surface area contributed by atoms with Crippen LogP contribution < -0.4 is 5.43 Å². The largest absolute Gasteiger partial charge is 0.469 e. The number of carbonyl (C=O) groups excluding carboxylic acids is 1. The maximum absolute atomic E-state index is 11.7. The molecule has 0 radical (unpaired) electrons. The van der Waals surface area contributed by atoms with Crippen LogP contribution in [0.15, 0.2) is 33.5 Å². The molecule has 16 heavy (non-hydrogen) atoms. The molecule has 1 aliphatic rings. The van der Waals surface area contributed by atoms with Crippen LogP contribution >= 0.6 is 0 Å². The Balaban J connectivity index is 2.02. The Labute approximate surface area is 94.0 Å². The van der Waals surface area contributed by atoms with E-state index in [-0.39, 0.29) is 5.91 Å². The summed E-state index contributed by atoms with van der Waals surface area (Å²) in [6.07, 6.45) is 5.43. The van der Waals surface area contributed by atoms with Gasteiger partial charge in [-0.25, -0.2) is 5.43 Å². The molecule has 84 valence electrons.